The summed E-state index contributed by atoms with van der Waals surface area (Å²) in [6.45, 7) is 10.8. The largest absolute Gasteiger partial charge is 0.495 e. The zero-order valence-electron chi connectivity index (χ0n) is 20.5. The number of para-hydroxylation sites is 2. The maximum atomic E-state index is 13.0. The first-order chi connectivity index (χ1) is 15.6. The molecule has 1 aromatic heterocycles. The molecule has 174 valence electrons. The molecule has 0 saturated carbocycles. The summed E-state index contributed by atoms with van der Waals surface area (Å²) in [5.74, 6) is 0.756. The molecule has 0 radical (unpaired) electrons. The van der Waals surface area contributed by atoms with Gasteiger partial charge in [-0.25, -0.2) is 4.99 Å². The minimum Gasteiger partial charge on any atom is -0.495 e. The molecule has 33 heavy (non-hydrogen) atoms. The molecular weight excluding hydrogens is 414 g/mol. The lowest BCUT2D eigenvalue weighted by molar-refractivity contribution is 0.0977. The molecule has 3 aromatic rings. The lowest BCUT2D eigenvalue weighted by Gasteiger charge is -2.19. The molecule has 0 fully saturated rings. The fourth-order valence-corrected chi connectivity index (χ4v) is 3.49. The molecule has 2 aromatic carbocycles. The van der Waals surface area contributed by atoms with Gasteiger partial charge in [0.15, 0.2) is 0 Å². The van der Waals surface area contributed by atoms with Crippen LogP contribution < -0.4 is 15.4 Å². The number of hydrogen-bond donors (Lipinski definition) is 2. The van der Waals surface area contributed by atoms with E-state index in [1.165, 1.54) is 5.56 Å². The van der Waals surface area contributed by atoms with E-state index in [-0.39, 0.29) is 11.3 Å². The van der Waals surface area contributed by atoms with Crippen molar-refractivity contribution in [3.8, 4) is 5.75 Å². The maximum Gasteiger partial charge on any atom is 0.257 e. The Labute approximate surface area is 195 Å². The van der Waals surface area contributed by atoms with Crippen molar-refractivity contribution in [1.82, 2.24) is 15.1 Å². The Bertz CT molecular complexity index is 1150. The van der Waals surface area contributed by atoms with Gasteiger partial charge in [-0.3, -0.25) is 14.8 Å². The predicted octanol–water partition coefficient (Wildman–Crippen LogP) is 4.74. The lowest BCUT2D eigenvalue weighted by Crippen LogP contribution is -2.36. The van der Waals surface area contributed by atoms with Gasteiger partial charge in [-0.15, -0.1) is 0 Å². The second kappa shape index (κ2) is 9.90. The van der Waals surface area contributed by atoms with Crippen LogP contribution in [0.1, 0.15) is 53.6 Å². The van der Waals surface area contributed by atoms with E-state index < -0.39 is 0 Å². The van der Waals surface area contributed by atoms with Gasteiger partial charge in [0, 0.05) is 23.9 Å². The molecule has 1 amide bonds. The molecule has 0 unspecified atom stereocenters. The number of ether oxygens (including phenoxy) is 1. The number of nitrogens with one attached hydrogen (secondary N) is 2. The first-order valence-corrected chi connectivity index (χ1v) is 11.0. The number of rotatable bonds is 5. The number of carbonyl (C=O) groups excluding carboxylic acids is 1. The first kappa shape index (κ1) is 24.0. The van der Waals surface area contributed by atoms with Crippen LogP contribution in [0.15, 0.2) is 53.5 Å². The van der Waals surface area contributed by atoms with Gasteiger partial charge in [-0.05, 0) is 49.1 Å². The van der Waals surface area contributed by atoms with Crippen molar-refractivity contribution in [3.05, 3.63) is 76.6 Å². The third-order valence-corrected chi connectivity index (χ3v) is 5.66. The van der Waals surface area contributed by atoms with Crippen LogP contribution in [0.3, 0.4) is 0 Å². The zero-order chi connectivity index (χ0) is 24.2. The Morgan fingerprint density at radius 3 is 2.33 bits per heavy atom. The number of nitrogens with zero attached hydrogens (tertiary/aromatic N) is 3. The average molecular weight is 448 g/mol. The highest BCUT2D eigenvalue weighted by atomic mass is 16.5. The number of amides is 1. The Kier molecular flexibility index (Phi) is 7.21. The monoisotopic (exact) mass is 447 g/mol. The van der Waals surface area contributed by atoms with Crippen LogP contribution in [0.5, 0.6) is 5.75 Å². The van der Waals surface area contributed by atoms with E-state index >= 15 is 0 Å². The molecule has 7 nitrogen and oxygen atoms in total. The van der Waals surface area contributed by atoms with E-state index in [2.05, 4.69) is 41.5 Å². The quantitative estimate of drug-likeness (QED) is 0.437. The van der Waals surface area contributed by atoms with Gasteiger partial charge in [0.2, 0.25) is 5.96 Å². The minimum atomic E-state index is -0.240. The minimum absolute atomic E-state index is 0.0203. The van der Waals surface area contributed by atoms with Gasteiger partial charge >= 0.3 is 0 Å². The highest BCUT2D eigenvalue weighted by molar-refractivity contribution is 6.10. The number of aryl methyl sites for hydroxylation is 2. The summed E-state index contributed by atoms with van der Waals surface area (Å²) in [6.07, 6.45) is 0. The molecule has 0 aliphatic heterocycles. The van der Waals surface area contributed by atoms with Crippen LogP contribution in [0.2, 0.25) is 0 Å². The highest BCUT2D eigenvalue weighted by Crippen LogP contribution is 2.24. The van der Waals surface area contributed by atoms with E-state index in [9.17, 15) is 4.79 Å². The number of benzene rings is 2. The van der Waals surface area contributed by atoms with Crippen LogP contribution in [0, 0.1) is 13.8 Å². The summed E-state index contributed by atoms with van der Waals surface area (Å²) in [6, 6.07) is 15.2. The fourth-order valence-electron chi connectivity index (χ4n) is 3.49. The van der Waals surface area contributed by atoms with Crippen LogP contribution >= 0.6 is 0 Å². The van der Waals surface area contributed by atoms with Gasteiger partial charge in [-0.2, -0.15) is 5.10 Å². The summed E-state index contributed by atoms with van der Waals surface area (Å²) < 4.78 is 7.28. The van der Waals surface area contributed by atoms with Crippen molar-refractivity contribution in [1.29, 1.82) is 0 Å². The van der Waals surface area contributed by atoms with Gasteiger partial charge in [0.05, 0.1) is 25.0 Å². The zero-order valence-corrected chi connectivity index (χ0v) is 20.5. The van der Waals surface area contributed by atoms with Gasteiger partial charge in [-0.1, -0.05) is 45.0 Å². The molecule has 2 N–H and O–H groups in total. The summed E-state index contributed by atoms with van der Waals surface area (Å²) in [5, 5.41) is 10.6. The van der Waals surface area contributed by atoms with E-state index in [4.69, 9.17) is 4.74 Å². The second-order valence-electron chi connectivity index (χ2n) is 9.04. The molecule has 3 rings (SSSR count). The maximum absolute atomic E-state index is 13.0. The van der Waals surface area contributed by atoms with Crippen molar-refractivity contribution in [3.63, 3.8) is 0 Å². The number of methoxy groups -OCH3 is 1. The molecule has 0 atom stereocenters. The Balaban J connectivity index is 1.88. The van der Waals surface area contributed by atoms with Gasteiger partial charge in [0.25, 0.3) is 5.91 Å². The van der Waals surface area contributed by atoms with E-state index in [1.54, 1.807) is 7.11 Å². The lowest BCUT2D eigenvalue weighted by atomic mass is 9.87. The normalized spacial score (nSPS) is 11.9. The Morgan fingerprint density at radius 1 is 1.09 bits per heavy atom. The molecule has 7 heteroatoms. The van der Waals surface area contributed by atoms with Crippen LogP contribution in [-0.4, -0.2) is 28.8 Å². The SMILES string of the molecule is COc1ccccc1NC(=NCc1c(C)nn(C)c1C)NC(=O)c1ccc(C(C)(C)C)cc1. The van der Waals surface area contributed by atoms with Crippen molar-refractivity contribution >= 4 is 17.6 Å². The molecular formula is C26H33N5O2. The Morgan fingerprint density at radius 2 is 1.76 bits per heavy atom. The predicted molar refractivity (Wildman–Crippen MR) is 133 cm³/mol. The molecule has 1 heterocycles. The van der Waals surface area contributed by atoms with Crippen molar-refractivity contribution < 1.29 is 9.53 Å². The van der Waals surface area contributed by atoms with Crippen molar-refractivity contribution in [2.75, 3.05) is 12.4 Å². The summed E-state index contributed by atoms with van der Waals surface area (Å²) in [4.78, 5) is 17.7. The molecule has 0 saturated heterocycles. The molecule has 0 bridgehead atoms. The standard InChI is InChI=1S/C26H33N5O2/c1-17-21(18(2)31(6)30-17)16-27-25(28-22-10-8-9-11-23(22)33-7)29-24(32)19-12-14-20(15-13-19)26(3,4)5/h8-15H,16H2,1-7H3,(H2,27,28,29,32). The van der Waals surface area contributed by atoms with Crippen LogP contribution in [-0.2, 0) is 19.0 Å². The summed E-state index contributed by atoms with van der Waals surface area (Å²) >= 11 is 0. The van der Waals surface area contributed by atoms with Crippen molar-refractivity contribution in [2.45, 2.75) is 46.6 Å². The van der Waals surface area contributed by atoms with E-state index in [0.29, 0.717) is 29.5 Å². The fraction of sp³-hybridized carbons (Fsp3) is 0.346. The van der Waals surface area contributed by atoms with Crippen LogP contribution in [0.4, 0.5) is 5.69 Å². The van der Waals surface area contributed by atoms with Crippen LogP contribution in [0.25, 0.3) is 0 Å². The Hall–Kier alpha value is -3.61. The second-order valence-corrected chi connectivity index (χ2v) is 9.04. The summed E-state index contributed by atoms with van der Waals surface area (Å²) in [5.41, 5.74) is 5.44. The topological polar surface area (TPSA) is 80.5 Å². The number of aromatic nitrogens is 2. The third-order valence-electron chi connectivity index (χ3n) is 5.66. The summed E-state index contributed by atoms with van der Waals surface area (Å²) in [7, 11) is 3.52. The highest BCUT2D eigenvalue weighted by Gasteiger charge is 2.16. The van der Waals surface area contributed by atoms with E-state index in [1.807, 2.05) is 74.1 Å². The third kappa shape index (κ3) is 5.80. The number of carbonyl (C=O) groups is 1. The van der Waals surface area contributed by atoms with Crippen molar-refractivity contribution in [2.24, 2.45) is 12.0 Å². The molecule has 0 aliphatic rings. The molecule has 0 aliphatic carbocycles. The van der Waals surface area contributed by atoms with Gasteiger partial charge < -0.3 is 10.1 Å². The smallest absolute Gasteiger partial charge is 0.257 e. The van der Waals surface area contributed by atoms with E-state index in [0.717, 1.165) is 17.0 Å². The van der Waals surface area contributed by atoms with Gasteiger partial charge in [0.1, 0.15) is 5.75 Å². The average Bonchev–Trinajstić information content (AvgIpc) is 3.02. The number of anilines is 1. The molecule has 0 spiro atoms. The number of guanidine groups is 1. The number of aliphatic imine (C=N–C) groups is 1. The number of hydrogen-bond acceptors (Lipinski definition) is 4. The first-order valence-electron chi connectivity index (χ1n) is 11.0.